The fourth-order valence-corrected chi connectivity index (χ4v) is 5.35. The van der Waals surface area contributed by atoms with Crippen LogP contribution in [0.2, 0.25) is 0 Å². The van der Waals surface area contributed by atoms with Crippen molar-refractivity contribution in [3.63, 3.8) is 0 Å². The van der Waals surface area contributed by atoms with Crippen LogP contribution in [0.1, 0.15) is 34.3 Å². The van der Waals surface area contributed by atoms with Crippen molar-refractivity contribution in [2.45, 2.75) is 37.7 Å². The van der Waals surface area contributed by atoms with E-state index in [-0.39, 0.29) is 16.9 Å². The monoisotopic (exact) mass is 444 g/mol. The molecule has 0 saturated carbocycles. The normalized spacial score (nSPS) is 16.8. The minimum atomic E-state index is -3.32. The third-order valence-electron chi connectivity index (χ3n) is 5.35. The summed E-state index contributed by atoms with van der Waals surface area (Å²) < 4.78 is 30.3. The van der Waals surface area contributed by atoms with Gasteiger partial charge in [0.25, 0.3) is 5.91 Å². The van der Waals surface area contributed by atoms with Crippen LogP contribution in [0.5, 0.6) is 0 Å². The summed E-state index contributed by atoms with van der Waals surface area (Å²) in [7, 11) is -3.32. The van der Waals surface area contributed by atoms with Crippen LogP contribution in [-0.4, -0.2) is 44.8 Å². The van der Waals surface area contributed by atoms with Crippen molar-refractivity contribution in [3.05, 3.63) is 53.1 Å². The summed E-state index contributed by atoms with van der Waals surface area (Å²) in [5, 5.41) is 0.634. The zero-order valence-electron chi connectivity index (χ0n) is 17.2. The number of thiazole rings is 1. The summed E-state index contributed by atoms with van der Waals surface area (Å²) in [6.45, 7) is 5.18. The smallest absolute Gasteiger partial charge is 0.260 e. The predicted molar refractivity (Wildman–Crippen MR) is 119 cm³/mol. The summed E-state index contributed by atoms with van der Waals surface area (Å²) in [6.07, 6.45) is 3.01. The van der Waals surface area contributed by atoms with E-state index >= 15 is 0 Å². The SMILES string of the molecule is Cc1ccc(C)c2sc(N(CC3CCCO3)C(=O)c3ccc(S(C)(=O)=O)cc3)nc12. The van der Waals surface area contributed by atoms with E-state index in [0.29, 0.717) is 23.8 Å². The number of fused-ring (bicyclic) bond motifs is 1. The lowest BCUT2D eigenvalue weighted by Gasteiger charge is -2.23. The van der Waals surface area contributed by atoms with E-state index in [0.717, 1.165) is 40.4 Å². The molecule has 0 spiro atoms. The molecule has 1 atom stereocenters. The Morgan fingerprint density at radius 2 is 1.87 bits per heavy atom. The zero-order chi connectivity index (χ0) is 21.5. The number of carbonyl (C=O) groups is 1. The Balaban J connectivity index is 1.73. The van der Waals surface area contributed by atoms with Crippen LogP contribution < -0.4 is 4.90 Å². The lowest BCUT2D eigenvalue weighted by molar-refractivity contribution is 0.0917. The van der Waals surface area contributed by atoms with Crippen molar-refractivity contribution < 1.29 is 17.9 Å². The number of sulfone groups is 1. The van der Waals surface area contributed by atoms with Crippen molar-refractivity contribution in [2.24, 2.45) is 0 Å². The molecule has 2 aromatic carbocycles. The van der Waals surface area contributed by atoms with Gasteiger partial charge < -0.3 is 4.74 Å². The highest BCUT2D eigenvalue weighted by molar-refractivity contribution is 7.90. The standard InChI is InChI=1S/C22H24N2O4S2/c1-14-6-7-15(2)20-19(14)23-22(29-20)24(13-17-5-4-12-28-17)21(25)16-8-10-18(11-9-16)30(3,26)27/h6-11,17H,4-5,12-13H2,1-3H3. The number of rotatable bonds is 5. The molecule has 4 rings (SSSR count). The number of amides is 1. The molecular formula is C22H24N2O4S2. The average molecular weight is 445 g/mol. The van der Waals surface area contributed by atoms with Crippen LogP contribution in [0.4, 0.5) is 5.13 Å². The maximum Gasteiger partial charge on any atom is 0.260 e. The molecule has 0 bridgehead atoms. The molecule has 30 heavy (non-hydrogen) atoms. The number of hydrogen-bond acceptors (Lipinski definition) is 6. The topological polar surface area (TPSA) is 76.6 Å². The molecule has 6 nitrogen and oxygen atoms in total. The summed E-state index contributed by atoms with van der Waals surface area (Å²) in [5.41, 5.74) is 3.53. The van der Waals surface area contributed by atoms with E-state index < -0.39 is 9.84 Å². The van der Waals surface area contributed by atoms with Gasteiger partial charge in [0.2, 0.25) is 0 Å². The molecule has 0 N–H and O–H groups in total. The Bertz CT molecular complexity index is 1150. The van der Waals surface area contributed by atoms with Crippen LogP contribution in [0, 0.1) is 13.8 Å². The summed E-state index contributed by atoms with van der Waals surface area (Å²) in [5.74, 6) is -0.208. The van der Waals surface area contributed by atoms with Crippen LogP contribution in [-0.2, 0) is 14.6 Å². The van der Waals surface area contributed by atoms with E-state index in [2.05, 4.69) is 6.07 Å². The van der Waals surface area contributed by atoms with Gasteiger partial charge in [-0.1, -0.05) is 23.5 Å². The first-order valence-corrected chi connectivity index (χ1v) is 12.5. The number of aromatic nitrogens is 1. The Labute approximate surface area is 180 Å². The first-order valence-electron chi connectivity index (χ1n) is 9.84. The molecule has 1 fully saturated rings. The maximum atomic E-state index is 13.4. The van der Waals surface area contributed by atoms with Gasteiger partial charge >= 0.3 is 0 Å². The zero-order valence-corrected chi connectivity index (χ0v) is 18.8. The van der Waals surface area contributed by atoms with Crippen molar-refractivity contribution in [2.75, 3.05) is 24.3 Å². The van der Waals surface area contributed by atoms with Gasteiger partial charge in [0.15, 0.2) is 15.0 Å². The molecule has 1 saturated heterocycles. The van der Waals surface area contributed by atoms with E-state index in [1.54, 1.807) is 17.0 Å². The maximum absolute atomic E-state index is 13.4. The largest absolute Gasteiger partial charge is 0.376 e. The molecule has 0 radical (unpaired) electrons. The van der Waals surface area contributed by atoms with Gasteiger partial charge in [-0.3, -0.25) is 9.69 Å². The van der Waals surface area contributed by atoms with Crippen molar-refractivity contribution in [1.82, 2.24) is 4.98 Å². The molecule has 3 aromatic rings. The second kappa shape index (κ2) is 8.09. The fourth-order valence-electron chi connectivity index (χ4n) is 3.60. The molecule has 1 unspecified atom stereocenters. The van der Waals surface area contributed by atoms with Gasteiger partial charge in [-0.2, -0.15) is 0 Å². The molecule has 2 heterocycles. The number of nitrogens with zero attached hydrogens (tertiary/aromatic N) is 2. The Kier molecular flexibility index (Phi) is 5.65. The number of anilines is 1. The molecule has 1 amide bonds. The number of benzene rings is 2. The number of ether oxygens (including phenoxy) is 1. The Hall–Kier alpha value is -2.29. The van der Waals surface area contributed by atoms with Gasteiger partial charge in [-0.05, 0) is 62.1 Å². The van der Waals surface area contributed by atoms with E-state index in [9.17, 15) is 13.2 Å². The molecule has 0 aliphatic carbocycles. The van der Waals surface area contributed by atoms with E-state index in [1.807, 2.05) is 19.9 Å². The van der Waals surface area contributed by atoms with Gasteiger partial charge in [-0.15, -0.1) is 0 Å². The van der Waals surface area contributed by atoms with Gasteiger partial charge in [0.05, 0.1) is 27.8 Å². The van der Waals surface area contributed by atoms with Crippen molar-refractivity contribution >= 4 is 42.4 Å². The van der Waals surface area contributed by atoms with Crippen LogP contribution in [0.3, 0.4) is 0 Å². The molecule has 8 heteroatoms. The molecular weight excluding hydrogens is 420 g/mol. The first kappa shape index (κ1) is 21.0. The first-order chi connectivity index (χ1) is 14.2. The number of carbonyl (C=O) groups excluding carboxylic acids is 1. The van der Waals surface area contributed by atoms with Crippen LogP contribution in [0.15, 0.2) is 41.3 Å². The quantitative estimate of drug-likeness (QED) is 0.591. The predicted octanol–water partition coefficient (Wildman–Crippen LogP) is 4.14. The summed E-state index contributed by atoms with van der Waals surface area (Å²) in [4.78, 5) is 20.1. The number of aryl methyl sites for hydroxylation is 2. The van der Waals surface area contributed by atoms with Crippen LogP contribution in [0.25, 0.3) is 10.2 Å². The highest BCUT2D eigenvalue weighted by Gasteiger charge is 2.27. The summed E-state index contributed by atoms with van der Waals surface area (Å²) >= 11 is 1.50. The third kappa shape index (κ3) is 4.12. The van der Waals surface area contributed by atoms with Crippen LogP contribution >= 0.6 is 11.3 Å². The minimum absolute atomic E-state index is 0.0292. The van der Waals surface area contributed by atoms with Gasteiger partial charge in [-0.25, -0.2) is 13.4 Å². The molecule has 1 aliphatic heterocycles. The molecule has 1 aliphatic rings. The second-order valence-electron chi connectivity index (χ2n) is 7.72. The summed E-state index contributed by atoms with van der Waals surface area (Å²) in [6, 6.07) is 10.2. The van der Waals surface area contributed by atoms with Gasteiger partial charge in [0.1, 0.15) is 0 Å². The third-order valence-corrected chi connectivity index (χ3v) is 7.69. The average Bonchev–Trinajstić information content (AvgIpc) is 3.38. The highest BCUT2D eigenvalue weighted by atomic mass is 32.2. The van der Waals surface area contributed by atoms with Crippen molar-refractivity contribution in [3.8, 4) is 0 Å². The van der Waals surface area contributed by atoms with Crippen molar-refractivity contribution in [1.29, 1.82) is 0 Å². The highest BCUT2D eigenvalue weighted by Crippen LogP contribution is 2.34. The second-order valence-corrected chi connectivity index (χ2v) is 10.7. The Morgan fingerprint density at radius 1 is 1.17 bits per heavy atom. The molecule has 1 aromatic heterocycles. The lowest BCUT2D eigenvalue weighted by Crippen LogP contribution is -2.37. The van der Waals surface area contributed by atoms with E-state index in [1.165, 1.54) is 23.5 Å². The minimum Gasteiger partial charge on any atom is -0.376 e. The number of hydrogen-bond donors (Lipinski definition) is 0. The fraction of sp³-hybridized carbons (Fsp3) is 0.364. The lowest BCUT2D eigenvalue weighted by atomic mass is 10.1. The van der Waals surface area contributed by atoms with E-state index in [4.69, 9.17) is 9.72 Å². The van der Waals surface area contributed by atoms with Gasteiger partial charge in [0, 0.05) is 18.4 Å². The Morgan fingerprint density at radius 3 is 2.47 bits per heavy atom. The molecule has 158 valence electrons.